The lowest BCUT2D eigenvalue weighted by atomic mass is 9.91. The molecule has 0 radical (unpaired) electrons. The second-order valence-electron chi connectivity index (χ2n) is 4.13. The maximum atomic E-state index is 6.21. The molecule has 1 aromatic heterocycles. The number of halogens is 2. The van der Waals surface area contributed by atoms with Crippen LogP contribution in [-0.2, 0) is 0 Å². The number of pyridine rings is 1. The van der Waals surface area contributed by atoms with E-state index in [4.69, 9.17) is 11.6 Å². The molecule has 0 saturated heterocycles. The summed E-state index contributed by atoms with van der Waals surface area (Å²) < 4.78 is 0. The van der Waals surface area contributed by atoms with Gasteiger partial charge in [0.15, 0.2) is 0 Å². The first-order valence-corrected chi connectivity index (χ1v) is 7.26. The smallest absolute Gasteiger partial charge is 0.147 e. The number of hydrogen-bond acceptors (Lipinski definition) is 2. The van der Waals surface area contributed by atoms with Crippen LogP contribution >= 0.6 is 27.5 Å². The van der Waals surface area contributed by atoms with E-state index in [1.807, 2.05) is 18.3 Å². The molecule has 1 fully saturated rings. The molecule has 0 aromatic carbocycles. The van der Waals surface area contributed by atoms with Crippen molar-refractivity contribution in [1.29, 1.82) is 0 Å². The van der Waals surface area contributed by atoms with E-state index in [1.165, 1.54) is 19.3 Å². The van der Waals surface area contributed by atoms with Crippen molar-refractivity contribution in [2.75, 3.05) is 16.8 Å². The van der Waals surface area contributed by atoms with Crippen LogP contribution in [0.4, 0.5) is 5.82 Å². The summed E-state index contributed by atoms with van der Waals surface area (Å²) in [6, 6.07) is 4.45. The molecule has 1 aliphatic carbocycles. The second kappa shape index (κ2) is 5.87. The zero-order chi connectivity index (χ0) is 11.4. The first-order valence-electron chi connectivity index (χ1n) is 5.76. The van der Waals surface area contributed by atoms with Crippen LogP contribution in [0.2, 0.25) is 5.02 Å². The van der Waals surface area contributed by atoms with Gasteiger partial charge in [-0.25, -0.2) is 4.98 Å². The van der Waals surface area contributed by atoms with Crippen LogP contribution < -0.4 is 4.90 Å². The minimum Gasteiger partial charge on any atom is -0.352 e. The maximum Gasteiger partial charge on any atom is 0.147 e. The molecule has 0 bridgehead atoms. The standard InChI is InChI=1S/C12H16BrClN2/c13-7-3-9-16(10-4-1-5-10)12-11(14)6-2-8-15-12/h2,6,8,10H,1,3-5,7,9H2. The Labute approximate surface area is 110 Å². The van der Waals surface area contributed by atoms with Crippen molar-refractivity contribution >= 4 is 33.3 Å². The van der Waals surface area contributed by atoms with Crippen molar-refractivity contribution in [3.05, 3.63) is 23.4 Å². The predicted molar refractivity (Wildman–Crippen MR) is 72.6 cm³/mol. The molecule has 2 nitrogen and oxygen atoms in total. The fourth-order valence-electron chi connectivity index (χ4n) is 1.98. The summed E-state index contributed by atoms with van der Waals surface area (Å²) in [5, 5.41) is 1.80. The third-order valence-electron chi connectivity index (χ3n) is 3.06. The molecular formula is C12H16BrClN2. The Morgan fingerprint density at radius 3 is 2.88 bits per heavy atom. The Morgan fingerprint density at radius 1 is 1.50 bits per heavy atom. The number of aromatic nitrogens is 1. The average Bonchev–Trinajstić information content (AvgIpc) is 2.22. The van der Waals surface area contributed by atoms with Crippen molar-refractivity contribution in [3.8, 4) is 0 Å². The molecule has 0 N–H and O–H groups in total. The molecular weight excluding hydrogens is 288 g/mol. The quantitative estimate of drug-likeness (QED) is 0.767. The highest BCUT2D eigenvalue weighted by atomic mass is 79.9. The van der Waals surface area contributed by atoms with Gasteiger partial charge in [-0.15, -0.1) is 0 Å². The van der Waals surface area contributed by atoms with Gasteiger partial charge in [-0.1, -0.05) is 27.5 Å². The van der Waals surface area contributed by atoms with Gasteiger partial charge in [0.05, 0.1) is 5.02 Å². The van der Waals surface area contributed by atoms with Crippen LogP contribution in [0, 0.1) is 0 Å². The van der Waals surface area contributed by atoms with Crippen LogP contribution in [-0.4, -0.2) is 22.9 Å². The summed E-state index contributed by atoms with van der Waals surface area (Å²) in [6.07, 6.45) is 6.83. The van der Waals surface area contributed by atoms with Gasteiger partial charge >= 0.3 is 0 Å². The summed E-state index contributed by atoms with van der Waals surface area (Å²) in [5.41, 5.74) is 0. The van der Waals surface area contributed by atoms with Gasteiger partial charge in [0, 0.05) is 24.1 Å². The molecule has 16 heavy (non-hydrogen) atoms. The van der Waals surface area contributed by atoms with Crippen molar-refractivity contribution in [1.82, 2.24) is 4.98 Å². The topological polar surface area (TPSA) is 16.1 Å². The van der Waals surface area contributed by atoms with E-state index in [-0.39, 0.29) is 0 Å². The molecule has 1 aliphatic rings. The van der Waals surface area contributed by atoms with E-state index >= 15 is 0 Å². The molecule has 0 unspecified atom stereocenters. The van der Waals surface area contributed by atoms with Gasteiger partial charge in [0.2, 0.25) is 0 Å². The van der Waals surface area contributed by atoms with Gasteiger partial charge in [-0.2, -0.15) is 0 Å². The van der Waals surface area contributed by atoms with Gasteiger partial charge < -0.3 is 4.90 Å². The van der Waals surface area contributed by atoms with E-state index < -0.39 is 0 Å². The highest BCUT2D eigenvalue weighted by Crippen LogP contribution is 2.32. The van der Waals surface area contributed by atoms with Crippen LogP contribution in [0.1, 0.15) is 25.7 Å². The SMILES string of the molecule is Clc1cccnc1N(CCCBr)C1CCC1. The molecule has 4 heteroatoms. The molecule has 0 atom stereocenters. The number of alkyl halides is 1. The van der Waals surface area contributed by atoms with Crippen LogP contribution in [0.25, 0.3) is 0 Å². The Bertz CT molecular complexity index is 342. The van der Waals surface area contributed by atoms with Crippen molar-refractivity contribution in [2.45, 2.75) is 31.7 Å². The van der Waals surface area contributed by atoms with Gasteiger partial charge in [-0.05, 0) is 37.8 Å². The zero-order valence-corrected chi connectivity index (χ0v) is 11.5. The predicted octanol–water partition coefficient (Wildman–Crippen LogP) is 3.88. The summed E-state index contributed by atoms with van der Waals surface area (Å²) in [7, 11) is 0. The summed E-state index contributed by atoms with van der Waals surface area (Å²) in [6.45, 7) is 1.03. The minimum atomic E-state index is 0.645. The summed E-state index contributed by atoms with van der Waals surface area (Å²) in [4.78, 5) is 6.78. The lowest BCUT2D eigenvalue weighted by molar-refractivity contribution is 0.384. The van der Waals surface area contributed by atoms with Crippen LogP contribution in [0.15, 0.2) is 18.3 Å². The lowest BCUT2D eigenvalue weighted by Gasteiger charge is -2.38. The molecule has 2 rings (SSSR count). The van der Waals surface area contributed by atoms with E-state index in [2.05, 4.69) is 25.8 Å². The lowest BCUT2D eigenvalue weighted by Crippen LogP contribution is -2.41. The maximum absolute atomic E-state index is 6.21. The first-order chi connectivity index (χ1) is 7.83. The normalized spacial score (nSPS) is 15.9. The first kappa shape index (κ1) is 12.2. The minimum absolute atomic E-state index is 0.645. The number of hydrogen-bond donors (Lipinski definition) is 0. The Kier molecular flexibility index (Phi) is 4.47. The Hall–Kier alpha value is -0.280. The highest BCUT2D eigenvalue weighted by molar-refractivity contribution is 9.09. The summed E-state index contributed by atoms with van der Waals surface area (Å²) in [5.74, 6) is 0.954. The van der Waals surface area contributed by atoms with E-state index in [0.717, 1.165) is 29.1 Å². The molecule has 0 amide bonds. The van der Waals surface area contributed by atoms with E-state index in [0.29, 0.717) is 6.04 Å². The van der Waals surface area contributed by atoms with Gasteiger partial charge in [0.25, 0.3) is 0 Å². The Balaban J connectivity index is 2.13. The molecule has 1 saturated carbocycles. The molecule has 0 spiro atoms. The van der Waals surface area contributed by atoms with Gasteiger partial charge in [0.1, 0.15) is 5.82 Å². The highest BCUT2D eigenvalue weighted by Gasteiger charge is 2.26. The summed E-state index contributed by atoms with van der Waals surface area (Å²) >= 11 is 9.69. The van der Waals surface area contributed by atoms with Gasteiger partial charge in [-0.3, -0.25) is 0 Å². The van der Waals surface area contributed by atoms with Crippen LogP contribution in [0.3, 0.4) is 0 Å². The van der Waals surface area contributed by atoms with Crippen molar-refractivity contribution in [3.63, 3.8) is 0 Å². The van der Waals surface area contributed by atoms with Crippen molar-refractivity contribution in [2.24, 2.45) is 0 Å². The number of anilines is 1. The number of rotatable bonds is 5. The zero-order valence-electron chi connectivity index (χ0n) is 9.20. The molecule has 1 heterocycles. The third kappa shape index (κ3) is 2.69. The molecule has 0 aliphatic heterocycles. The number of nitrogens with zero attached hydrogens (tertiary/aromatic N) is 2. The second-order valence-corrected chi connectivity index (χ2v) is 5.33. The van der Waals surface area contributed by atoms with E-state index in [9.17, 15) is 0 Å². The third-order valence-corrected chi connectivity index (χ3v) is 3.91. The fourth-order valence-corrected chi connectivity index (χ4v) is 2.46. The monoisotopic (exact) mass is 302 g/mol. The van der Waals surface area contributed by atoms with E-state index in [1.54, 1.807) is 0 Å². The largest absolute Gasteiger partial charge is 0.352 e. The van der Waals surface area contributed by atoms with Crippen molar-refractivity contribution < 1.29 is 0 Å². The average molecular weight is 304 g/mol. The van der Waals surface area contributed by atoms with Crippen LogP contribution in [0.5, 0.6) is 0 Å². The Morgan fingerprint density at radius 2 is 2.31 bits per heavy atom. The molecule has 88 valence electrons. The fraction of sp³-hybridized carbons (Fsp3) is 0.583. The molecule has 1 aromatic rings.